The van der Waals surface area contributed by atoms with Crippen LogP contribution >= 0.6 is 23.4 Å². The molecule has 3 nitrogen and oxygen atoms in total. The maximum atomic E-state index is 12.8. The van der Waals surface area contributed by atoms with Crippen LogP contribution in [0, 0.1) is 0 Å². The van der Waals surface area contributed by atoms with Gasteiger partial charge in [-0.3, -0.25) is 14.5 Å². The highest BCUT2D eigenvalue weighted by Crippen LogP contribution is 2.40. The quantitative estimate of drug-likeness (QED) is 0.749. The standard InChI is InChI=1S/C19H16ClNO2S/c1-12(2)21-18(22)16(13-6-4-3-5-7-13)17(19(21)23)24-15-10-8-14(20)9-11-15/h3-12H,1-2H3. The van der Waals surface area contributed by atoms with Crippen molar-refractivity contribution in [2.45, 2.75) is 24.8 Å². The summed E-state index contributed by atoms with van der Waals surface area (Å²) >= 11 is 7.22. The summed E-state index contributed by atoms with van der Waals surface area (Å²) in [6.07, 6.45) is 0. The van der Waals surface area contributed by atoms with Gasteiger partial charge in [-0.25, -0.2) is 0 Å². The average molecular weight is 358 g/mol. The van der Waals surface area contributed by atoms with Crippen molar-refractivity contribution in [1.82, 2.24) is 4.90 Å². The fraction of sp³-hybridized carbons (Fsp3) is 0.158. The van der Waals surface area contributed by atoms with E-state index in [9.17, 15) is 9.59 Å². The number of thioether (sulfide) groups is 1. The number of rotatable bonds is 4. The third-order valence-corrected chi connectivity index (χ3v) is 5.03. The van der Waals surface area contributed by atoms with Crippen molar-refractivity contribution in [1.29, 1.82) is 0 Å². The molecule has 0 aliphatic carbocycles. The van der Waals surface area contributed by atoms with Gasteiger partial charge in [0.1, 0.15) is 0 Å². The van der Waals surface area contributed by atoms with Gasteiger partial charge in [0.15, 0.2) is 0 Å². The third-order valence-electron chi connectivity index (χ3n) is 3.69. The highest BCUT2D eigenvalue weighted by atomic mass is 35.5. The molecule has 1 heterocycles. The first-order valence-corrected chi connectivity index (χ1v) is 8.79. The van der Waals surface area contributed by atoms with Gasteiger partial charge in [-0.05, 0) is 43.7 Å². The Balaban J connectivity index is 2.08. The van der Waals surface area contributed by atoms with Gasteiger partial charge in [0.05, 0.1) is 10.5 Å². The van der Waals surface area contributed by atoms with E-state index < -0.39 is 0 Å². The van der Waals surface area contributed by atoms with Gasteiger partial charge >= 0.3 is 0 Å². The molecule has 0 unspecified atom stereocenters. The smallest absolute Gasteiger partial charge is 0.268 e. The molecule has 1 aliphatic heterocycles. The molecular formula is C19H16ClNO2S. The lowest BCUT2D eigenvalue weighted by Crippen LogP contribution is -2.37. The molecule has 24 heavy (non-hydrogen) atoms. The van der Waals surface area contributed by atoms with E-state index in [1.807, 2.05) is 56.3 Å². The Morgan fingerprint density at radius 1 is 0.917 bits per heavy atom. The number of benzene rings is 2. The summed E-state index contributed by atoms with van der Waals surface area (Å²) in [7, 11) is 0. The molecule has 0 bridgehead atoms. The van der Waals surface area contributed by atoms with Crippen molar-refractivity contribution >= 4 is 40.8 Å². The maximum Gasteiger partial charge on any atom is 0.268 e. The summed E-state index contributed by atoms with van der Waals surface area (Å²) < 4.78 is 0. The zero-order chi connectivity index (χ0) is 17.3. The maximum absolute atomic E-state index is 12.8. The fourth-order valence-corrected chi connectivity index (χ4v) is 3.70. The highest BCUT2D eigenvalue weighted by molar-refractivity contribution is 8.04. The topological polar surface area (TPSA) is 37.4 Å². The molecule has 0 radical (unpaired) electrons. The largest absolute Gasteiger partial charge is 0.271 e. The number of carbonyl (C=O) groups excluding carboxylic acids is 2. The van der Waals surface area contributed by atoms with Crippen LogP contribution in [0.1, 0.15) is 19.4 Å². The van der Waals surface area contributed by atoms with Crippen molar-refractivity contribution in [2.75, 3.05) is 0 Å². The lowest BCUT2D eigenvalue weighted by atomic mass is 10.1. The van der Waals surface area contributed by atoms with Crippen molar-refractivity contribution in [2.24, 2.45) is 0 Å². The Kier molecular flexibility index (Phi) is 4.78. The number of carbonyl (C=O) groups is 2. The number of nitrogens with zero attached hydrogens (tertiary/aromatic N) is 1. The second kappa shape index (κ2) is 6.83. The summed E-state index contributed by atoms with van der Waals surface area (Å²) in [6, 6.07) is 16.4. The second-order valence-corrected chi connectivity index (χ2v) is 7.22. The SMILES string of the molecule is CC(C)N1C(=O)C(Sc2ccc(Cl)cc2)=C(c2ccccc2)C1=O. The molecule has 0 N–H and O–H groups in total. The van der Waals surface area contributed by atoms with Gasteiger partial charge in [-0.2, -0.15) is 0 Å². The Labute approximate surface area is 150 Å². The van der Waals surface area contributed by atoms with Crippen LogP contribution in [0.3, 0.4) is 0 Å². The minimum atomic E-state index is -0.242. The highest BCUT2D eigenvalue weighted by Gasteiger charge is 2.40. The molecule has 0 saturated heterocycles. The number of imide groups is 1. The van der Waals surface area contributed by atoms with Crippen LogP contribution in [0.2, 0.25) is 5.02 Å². The first-order valence-electron chi connectivity index (χ1n) is 7.60. The van der Waals surface area contributed by atoms with E-state index in [1.165, 1.54) is 16.7 Å². The molecule has 0 fully saturated rings. The lowest BCUT2D eigenvalue weighted by Gasteiger charge is -2.19. The Hall–Kier alpha value is -2.04. The Morgan fingerprint density at radius 3 is 2.12 bits per heavy atom. The van der Waals surface area contributed by atoms with Gasteiger partial charge in [-0.1, -0.05) is 53.7 Å². The van der Waals surface area contributed by atoms with Crippen LogP contribution in [-0.4, -0.2) is 22.8 Å². The predicted octanol–water partition coefficient (Wildman–Crippen LogP) is 4.62. The third kappa shape index (κ3) is 3.12. The predicted molar refractivity (Wildman–Crippen MR) is 97.7 cm³/mol. The molecule has 5 heteroatoms. The lowest BCUT2D eigenvalue weighted by molar-refractivity contribution is -0.138. The second-order valence-electron chi connectivity index (χ2n) is 5.70. The van der Waals surface area contributed by atoms with E-state index in [0.717, 1.165) is 10.5 Å². The minimum Gasteiger partial charge on any atom is -0.271 e. The van der Waals surface area contributed by atoms with Crippen molar-refractivity contribution in [3.05, 3.63) is 70.1 Å². The van der Waals surface area contributed by atoms with Gasteiger partial charge in [0.2, 0.25) is 0 Å². The van der Waals surface area contributed by atoms with Crippen LogP contribution in [0.5, 0.6) is 0 Å². The van der Waals surface area contributed by atoms with Crippen molar-refractivity contribution in [3.63, 3.8) is 0 Å². The van der Waals surface area contributed by atoms with Crippen molar-refractivity contribution in [3.8, 4) is 0 Å². The van der Waals surface area contributed by atoms with Crippen molar-refractivity contribution < 1.29 is 9.59 Å². The molecule has 0 atom stereocenters. The van der Waals surface area contributed by atoms with Crippen LogP contribution in [0.25, 0.3) is 5.57 Å². The summed E-state index contributed by atoms with van der Waals surface area (Å²) in [6.45, 7) is 3.68. The van der Waals surface area contributed by atoms with E-state index in [-0.39, 0.29) is 17.9 Å². The molecule has 122 valence electrons. The average Bonchev–Trinajstić information content (AvgIpc) is 2.81. The van der Waals surface area contributed by atoms with Gasteiger partial charge in [-0.15, -0.1) is 0 Å². The zero-order valence-corrected chi connectivity index (χ0v) is 14.9. The number of halogens is 1. The minimum absolute atomic E-state index is 0.188. The monoisotopic (exact) mass is 357 g/mol. The molecule has 0 saturated carbocycles. The van der Waals surface area contributed by atoms with E-state index in [4.69, 9.17) is 11.6 Å². The Morgan fingerprint density at radius 2 is 1.54 bits per heavy atom. The zero-order valence-electron chi connectivity index (χ0n) is 13.3. The number of hydrogen-bond acceptors (Lipinski definition) is 3. The van der Waals surface area contributed by atoms with E-state index in [0.29, 0.717) is 15.5 Å². The normalized spacial score (nSPS) is 14.9. The van der Waals surface area contributed by atoms with Gasteiger partial charge < -0.3 is 0 Å². The van der Waals surface area contributed by atoms with Crippen LogP contribution in [0.15, 0.2) is 64.4 Å². The summed E-state index contributed by atoms with van der Waals surface area (Å²) in [5, 5.41) is 0.634. The number of amides is 2. The van der Waals surface area contributed by atoms with E-state index >= 15 is 0 Å². The molecule has 0 spiro atoms. The number of hydrogen-bond donors (Lipinski definition) is 0. The first kappa shape index (κ1) is 16.8. The molecular weight excluding hydrogens is 342 g/mol. The fourth-order valence-electron chi connectivity index (χ4n) is 2.57. The summed E-state index contributed by atoms with van der Waals surface area (Å²) in [4.78, 5) is 28.3. The summed E-state index contributed by atoms with van der Waals surface area (Å²) in [5.41, 5.74) is 1.23. The first-order chi connectivity index (χ1) is 11.5. The molecule has 2 aromatic carbocycles. The van der Waals surface area contributed by atoms with Crippen LogP contribution in [0.4, 0.5) is 0 Å². The van der Waals surface area contributed by atoms with Crippen LogP contribution < -0.4 is 0 Å². The van der Waals surface area contributed by atoms with Gasteiger partial charge in [0.25, 0.3) is 11.8 Å². The van der Waals surface area contributed by atoms with Crippen LogP contribution in [-0.2, 0) is 9.59 Å². The summed E-state index contributed by atoms with van der Waals surface area (Å²) in [5.74, 6) is -0.480. The molecule has 2 aromatic rings. The Bertz CT molecular complexity index is 813. The molecule has 1 aliphatic rings. The molecule has 2 amide bonds. The van der Waals surface area contributed by atoms with Gasteiger partial charge in [0, 0.05) is 16.0 Å². The van der Waals surface area contributed by atoms with E-state index in [2.05, 4.69) is 0 Å². The molecule has 0 aromatic heterocycles. The molecule has 3 rings (SSSR count). The van der Waals surface area contributed by atoms with E-state index in [1.54, 1.807) is 12.1 Å².